The molecule has 0 saturated heterocycles. The first-order valence-corrected chi connectivity index (χ1v) is 45.3. The van der Waals surface area contributed by atoms with Crippen molar-refractivity contribution in [2.45, 2.75) is 457 Å². The van der Waals surface area contributed by atoms with Gasteiger partial charge < -0.3 is 33.8 Å². The fourth-order valence-corrected chi connectivity index (χ4v) is 14.2. The first-order valence-electron chi connectivity index (χ1n) is 42.3. The molecule has 0 aliphatic carbocycles. The number of rotatable bonds is 82. The van der Waals surface area contributed by atoms with Crippen molar-refractivity contribution >= 4 is 39.5 Å². The second-order valence-electron chi connectivity index (χ2n) is 29.2. The van der Waals surface area contributed by atoms with E-state index in [1.165, 1.54) is 257 Å². The van der Waals surface area contributed by atoms with Gasteiger partial charge in [0.2, 0.25) is 0 Å². The number of hydrogen-bond donors (Lipinski definition) is 3. The van der Waals surface area contributed by atoms with E-state index in [-0.39, 0.29) is 25.7 Å². The molecule has 3 N–H and O–H groups in total. The number of phosphoric acid groups is 2. The Morgan fingerprint density at radius 2 is 0.400 bits per heavy atom. The van der Waals surface area contributed by atoms with Crippen molar-refractivity contribution in [3.63, 3.8) is 0 Å². The van der Waals surface area contributed by atoms with Crippen molar-refractivity contribution in [2.24, 2.45) is 0 Å². The van der Waals surface area contributed by atoms with Crippen LogP contribution < -0.4 is 0 Å². The summed E-state index contributed by atoms with van der Waals surface area (Å²) in [6.07, 6.45) is 68.4. The second kappa shape index (κ2) is 75.3. The van der Waals surface area contributed by atoms with Crippen molar-refractivity contribution in [1.82, 2.24) is 0 Å². The van der Waals surface area contributed by atoms with Crippen LogP contribution in [0.5, 0.6) is 0 Å². The first kappa shape index (κ1) is 98.1. The highest BCUT2D eigenvalue weighted by Gasteiger charge is 2.30. The molecule has 594 valence electrons. The van der Waals surface area contributed by atoms with Gasteiger partial charge >= 0.3 is 39.5 Å². The summed E-state index contributed by atoms with van der Waals surface area (Å²) in [5, 5.41) is 10.6. The molecular weight excluding hydrogens is 1310 g/mol. The van der Waals surface area contributed by atoms with Crippen molar-refractivity contribution in [3.8, 4) is 0 Å². The lowest BCUT2D eigenvalue weighted by Gasteiger charge is -2.21. The third-order valence-electron chi connectivity index (χ3n) is 19.1. The van der Waals surface area contributed by atoms with Gasteiger partial charge in [0.25, 0.3) is 0 Å². The average molecular weight is 1470 g/mol. The van der Waals surface area contributed by atoms with Crippen LogP contribution in [-0.4, -0.2) is 96.7 Å². The maximum absolute atomic E-state index is 13.1. The molecule has 5 atom stereocenters. The lowest BCUT2D eigenvalue weighted by Crippen LogP contribution is -2.30. The molecule has 0 aliphatic rings. The number of carbonyl (C=O) groups excluding carboxylic acids is 4. The summed E-state index contributed by atoms with van der Waals surface area (Å²) in [4.78, 5) is 72.8. The number of unbranched alkanes of at least 4 members (excludes halogenated alkanes) is 56. The number of ether oxygens (including phenoxy) is 4. The predicted molar refractivity (Wildman–Crippen MR) is 409 cm³/mol. The molecule has 0 fully saturated rings. The van der Waals surface area contributed by atoms with E-state index in [1.54, 1.807) is 0 Å². The normalized spacial score (nSPS) is 13.8. The molecule has 0 heterocycles. The number of esters is 4. The van der Waals surface area contributed by atoms with Gasteiger partial charge in [-0.1, -0.05) is 387 Å². The minimum atomic E-state index is -4.96. The second-order valence-corrected chi connectivity index (χ2v) is 32.1. The molecule has 0 amide bonds. The Hall–Kier alpha value is -1.94. The fourth-order valence-electron chi connectivity index (χ4n) is 12.6. The summed E-state index contributed by atoms with van der Waals surface area (Å²) in [6, 6.07) is 0. The molecule has 0 saturated carbocycles. The number of aliphatic hydroxyl groups is 1. The van der Waals surface area contributed by atoms with E-state index in [0.29, 0.717) is 25.7 Å². The van der Waals surface area contributed by atoms with Gasteiger partial charge in [0.1, 0.15) is 19.3 Å². The van der Waals surface area contributed by atoms with Gasteiger partial charge in [0.15, 0.2) is 12.2 Å². The molecule has 0 aromatic heterocycles. The Morgan fingerprint density at radius 3 is 0.590 bits per heavy atom. The smallest absolute Gasteiger partial charge is 0.462 e. The lowest BCUT2D eigenvalue weighted by atomic mass is 10.0. The van der Waals surface area contributed by atoms with E-state index in [0.717, 1.165) is 103 Å². The predicted octanol–water partition coefficient (Wildman–Crippen LogP) is 24.6. The Bertz CT molecular complexity index is 1890. The van der Waals surface area contributed by atoms with Crippen LogP contribution in [0.15, 0.2) is 0 Å². The third-order valence-corrected chi connectivity index (χ3v) is 21.0. The zero-order valence-corrected chi connectivity index (χ0v) is 67.0. The molecule has 0 aromatic rings. The summed E-state index contributed by atoms with van der Waals surface area (Å²) in [6.45, 7) is 4.97. The topological polar surface area (TPSA) is 237 Å². The van der Waals surface area contributed by atoms with Crippen LogP contribution >= 0.6 is 15.6 Å². The van der Waals surface area contributed by atoms with Crippen molar-refractivity contribution in [1.29, 1.82) is 0 Å². The number of phosphoric ester groups is 2. The van der Waals surface area contributed by atoms with Crippen LogP contribution in [0.2, 0.25) is 0 Å². The van der Waals surface area contributed by atoms with Gasteiger partial charge in [-0.05, 0) is 25.7 Å². The van der Waals surface area contributed by atoms with Gasteiger partial charge in [0.05, 0.1) is 26.4 Å². The molecule has 2 unspecified atom stereocenters. The van der Waals surface area contributed by atoms with Crippen LogP contribution in [0.1, 0.15) is 439 Å². The Labute approximate surface area is 613 Å². The summed E-state index contributed by atoms with van der Waals surface area (Å²) in [7, 11) is -9.91. The Morgan fingerprint density at radius 1 is 0.240 bits per heavy atom. The highest BCUT2D eigenvalue weighted by molar-refractivity contribution is 7.47. The van der Waals surface area contributed by atoms with Gasteiger partial charge in [-0.3, -0.25) is 37.3 Å². The molecule has 0 aromatic carbocycles. The number of aliphatic hydroxyl groups excluding tert-OH is 1. The van der Waals surface area contributed by atoms with E-state index < -0.39 is 97.5 Å². The van der Waals surface area contributed by atoms with Crippen molar-refractivity contribution in [2.75, 3.05) is 39.6 Å². The lowest BCUT2D eigenvalue weighted by molar-refractivity contribution is -0.161. The molecule has 0 rings (SSSR count). The molecule has 17 nitrogen and oxygen atoms in total. The molecule has 0 spiro atoms. The van der Waals surface area contributed by atoms with E-state index in [2.05, 4.69) is 27.7 Å². The zero-order valence-electron chi connectivity index (χ0n) is 65.2. The van der Waals surface area contributed by atoms with Gasteiger partial charge in [-0.25, -0.2) is 9.13 Å². The summed E-state index contributed by atoms with van der Waals surface area (Å²) in [5.41, 5.74) is 0. The molecule has 100 heavy (non-hydrogen) atoms. The zero-order chi connectivity index (χ0) is 73.2. The van der Waals surface area contributed by atoms with Gasteiger partial charge in [-0.2, -0.15) is 0 Å². The monoisotopic (exact) mass is 1470 g/mol. The standard InChI is InChI=1S/C81H158O17P2/c1-5-9-13-17-21-24-27-29-31-33-35-37-39-41-43-45-48-50-54-58-62-66-79(84)92-72-77(98-81(86)68-64-60-56-52-49-46-44-42-40-38-36-34-32-30-28-25-22-18-14-10-6-2)74-96-100(89,90)94-70-75(82)69-93-99(87,88)95-73-76(71-91-78(83)65-61-57-53-20-16-12-8-4)97-80(85)67-63-59-55-51-47-26-23-19-15-11-7-3/h75-77,82H,5-74H2,1-4H3,(H,87,88)(H,89,90)/t75-,76+,77+/m0/s1. The number of hydrogen-bond acceptors (Lipinski definition) is 15. The van der Waals surface area contributed by atoms with Crippen LogP contribution in [0.25, 0.3) is 0 Å². The van der Waals surface area contributed by atoms with Crippen LogP contribution in [0.4, 0.5) is 0 Å². The number of carbonyl (C=O) groups is 4. The minimum Gasteiger partial charge on any atom is -0.462 e. The van der Waals surface area contributed by atoms with E-state index in [9.17, 15) is 43.2 Å². The first-order chi connectivity index (χ1) is 48.7. The Kier molecular flexibility index (Phi) is 73.8. The SMILES string of the molecule is CCCCCCCCCCCCCCCCCCCCCCCC(=O)OC[C@H](COP(=O)(O)OC[C@@H](O)COP(=O)(O)OC[C@@H](COC(=O)CCCCCCCCC)OC(=O)CCCCCCCCCCCCC)OC(=O)CCCCCCCCCCCCCCCCCCCCCCC. The van der Waals surface area contributed by atoms with Crippen LogP contribution in [-0.2, 0) is 65.4 Å². The minimum absolute atomic E-state index is 0.107. The maximum Gasteiger partial charge on any atom is 0.472 e. The van der Waals surface area contributed by atoms with E-state index in [1.807, 2.05) is 0 Å². The quantitative estimate of drug-likeness (QED) is 0.0222. The summed E-state index contributed by atoms with van der Waals surface area (Å²) in [5.74, 6) is -2.11. The fraction of sp³-hybridized carbons (Fsp3) is 0.951. The molecule has 0 radical (unpaired) electrons. The molecule has 0 bridgehead atoms. The van der Waals surface area contributed by atoms with Crippen molar-refractivity contribution < 1.29 is 80.2 Å². The maximum atomic E-state index is 13.1. The summed E-state index contributed by atoms with van der Waals surface area (Å²) < 4.78 is 68.5. The Balaban J connectivity index is 5.13. The van der Waals surface area contributed by atoms with Gasteiger partial charge in [-0.15, -0.1) is 0 Å². The molecule has 19 heteroatoms. The van der Waals surface area contributed by atoms with Crippen LogP contribution in [0.3, 0.4) is 0 Å². The van der Waals surface area contributed by atoms with Crippen molar-refractivity contribution in [3.05, 3.63) is 0 Å². The highest BCUT2D eigenvalue weighted by Crippen LogP contribution is 2.45. The average Bonchev–Trinajstić information content (AvgIpc) is 1.05. The molecular formula is C81H158O17P2. The van der Waals surface area contributed by atoms with Crippen LogP contribution in [0, 0.1) is 0 Å². The largest absolute Gasteiger partial charge is 0.472 e. The van der Waals surface area contributed by atoms with E-state index in [4.69, 9.17) is 37.0 Å². The van der Waals surface area contributed by atoms with Gasteiger partial charge in [0, 0.05) is 25.7 Å². The summed E-state index contributed by atoms with van der Waals surface area (Å²) >= 11 is 0. The highest BCUT2D eigenvalue weighted by atomic mass is 31.2. The third kappa shape index (κ3) is 74.3. The van der Waals surface area contributed by atoms with E-state index >= 15 is 0 Å². The molecule has 0 aliphatic heterocycles.